The molecule has 0 bridgehead atoms. The molecule has 2 aromatic rings. The van der Waals surface area contributed by atoms with E-state index in [0.717, 1.165) is 43.7 Å². The Hall–Kier alpha value is -2.44. The highest BCUT2D eigenvalue weighted by Crippen LogP contribution is 2.16. The lowest BCUT2D eigenvalue weighted by Crippen LogP contribution is -2.22. The van der Waals surface area contributed by atoms with E-state index in [1.165, 1.54) is 11.1 Å². The average Bonchev–Trinajstić information content (AvgIpc) is 2.68. The number of nitrogens with two attached hydrogens (primary N) is 2. The second-order valence-electron chi connectivity index (χ2n) is 6.35. The maximum absolute atomic E-state index is 5.84. The minimum absolute atomic E-state index is 0. The van der Waals surface area contributed by atoms with Gasteiger partial charge in [-0.25, -0.2) is 0 Å². The highest BCUT2D eigenvalue weighted by molar-refractivity contribution is 5.92. The Balaban J connectivity index is 0.00000392. The summed E-state index contributed by atoms with van der Waals surface area (Å²) in [5.74, 6) is 0.906. The number of nitrogens with zero attached hydrogens (tertiary/aromatic N) is 2. The number of guanidine groups is 2. The van der Waals surface area contributed by atoms with Gasteiger partial charge >= 0.3 is 0 Å². The molecule has 0 aliphatic rings. The van der Waals surface area contributed by atoms with E-state index < -0.39 is 0 Å². The number of hydrogen-bond acceptors (Lipinski definition) is 2. The van der Waals surface area contributed by atoms with E-state index in [1.54, 1.807) is 0 Å². The predicted molar refractivity (Wildman–Crippen MR) is 131 cm³/mol. The number of nitrogens with one attached hydrogen (secondary N) is 2. The molecule has 160 valence electrons. The molecule has 0 saturated carbocycles. The van der Waals surface area contributed by atoms with Gasteiger partial charge in [0.25, 0.3) is 0 Å². The molecule has 0 radical (unpaired) electrons. The van der Waals surface area contributed by atoms with Crippen molar-refractivity contribution in [3.8, 4) is 0 Å². The molecule has 0 unspecified atom stereocenters. The van der Waals surface area contributed by atoms with Crippen molar-refractivity contribution in [2.45, 2.75) is 33.1 Å². The van der Waals surface area contributed by atoms with Crippen LogP contribution in [0.15, 0.2) is 58.5 Å². The van der Waals surface area contributed by atoms with Crippen molar-refractivity contribution in [2.24, 2.45) is 21.5 Å². The molecular weight excluding hydrogens is 407 g/mol. The van der Waals surface area contributed by atoms with Gasteiger partial charge in [0.2, 0.25) is 0 Å². The minimum Gasteiger partial charge on any atom is -0.370 e. The maximum Gasteiger partial charge on any atom is 0.193 e. The van der Waals surface area contributed by atoms with Crippen LogP contribution in [-0.2, 0) is 6.42 Å². The Labute approximate surface area is 186 Å². The first kappa shape index (κ1) is 26.6. The molecule has 0 heterocycles. The Morgan fingerprint density at radius 2 is 1.03 bits per heavy atom. The van der Waals surface area contributed by atoms with Crippen LogP contribution in [0.25, 0.3) is 0 Å². The van der Waals surface area contributed by atoms with Gasteiger partial charge in [-0.15, -0.1) is 24.8 Å². The zero-order valence-corrected chi connectivity index (χ0v) is 18.7. The van der Waals surface area contributed by atoms with E-state index in [-0.39, 0.29) is 24.8 Å². The Morgan fingerprint density at radius 3 is 1.34 bits per heavy atom. The first-order valence-corrected chi connectivity index (χ1v) is 9.42. The molecule has 0 fully saturated rings. The summed E-state index contributed by atoms with van der Waals surface area (Å²) in [5.41, 5.74) is 16.0. The highest BCUT2D eigenvalue weighted by Gasteiger charge is 2.00. The van der Waals surface area contributed by atoms with E-state index in [4.69, 9.17) is 11.5 Å². The molecule has 0 spiro atoms. The van der Waals surface area contributed by atoms with Gasteiger partial charge in [-0.1, -0.05) is 38.1 Å². The molecule has 6 nitrogen and oxygen atoms in total. The smallest absolute Gasteiger partial charge is 0.193 e. The van der Waals surface area contributed by atoms with Crippen molar-refractivity contribution in [3.05, 3.63) is 59.7 Å². The Kier molecular flexibility index (Phi) is 13.3. The quantitative estimate of drug-likeness (QED) is 0.362. The molecule has 0 aliphatic heterocycles. The van der Waals surface area contributed by atoms with Crippen molar-refractivity contribution in [1.29, 1.82) is 0 Å². The summed E-state index contributed by atoms with van der Waals surface area (Å²) >= 11 is 0. The number of hydrogen-bond donors (Lipinski definition) is 4. The van der Waals surface area contributed by atoms with Crippen LogP contribution in [0.2, 0.25) is 0 Å². The van der Waals surface area contributed by atoms with Crippen LogP contribution in [0.3, 0.4) is 0 Å². The first-order chi connectivity index (χ1) is 13.1. The monoisotopic (exact) mass is 438 g/mol. The lowest BCUT2D eigenvalue weighted by atomic mass is 10.0. The normalized spacial score (nSPS) is 11.2. The van der Waals surface area contributed by atoms with Gasteiger partial charge in [-0.05, 0) is 54.7 Å². The van der Waals surface area contributed by atoms with Crippen molar-refractivity contribution in [2.75, 3.05) is 23.7 Å². The van der Waals surface area contributed by atoms with Crippen LogP contribution in [0.1, 0.15) is 37.8 Å². The molecule has 29 heavy (non-hydrogen) atoms. The second kappa shape index (κ2) is 14.5. The third-order valence-corrected chi connectivity index (χ3v) is 3.87. The summed E-state index contributed by atoms with van der Waals surface area (Å²) in [7, 11) is 0. The minimum atomic E-state index is 0. The fraction of sp³-hybridized carbons (Fsp3) is 0.333. The van der Waals surface area contributed by atoms with Crippen LogP contribution in [0, 0.1) is 0 Å². The largest absolute Gasteiger partial charge is 0.370 e. The molecule has 2 rings (SSSR count). The third kappa shape index (κ3) is 10.1. The van der Waals surface area contributed by atoms with Crippen molar-refractivity contribution in [3.63, 3.8) is 0 Å². The van der Waals surface area contributed by atoms with Crippen LogP contribution in [-0.4, -0.2) is 25.0 Å². The molecule has 0 aliphatic carbocycles. The molecule has 0 atom stereocenters. The van der Waals surface area contributed by atoms with E-state index >= 15 is 0 Å². The van der Waals surface area contributed by atoms with Crippen molar-refractivity contribution in [1.82, 2.24) is 0 Å². The third-order valence-electron chi connectivity index (χ3n) is 3.87. The molecule has 0 aromatic heterocycles. The van der Waals surface area contributed by atoms with Gasteiger partial charge in [0.05, 0.1) is 0 Å². The Morgan fingerprint density at radius 1 is 0.690 bits per heavy atom. The van der Waals surface area contributed by atoms with E-state index in [2.05, 4.69) is 58.7 Å². The van der Waals surface area contributed by atoms with Gasteiger partial charge in [0, 0.05) is 24.5 Å². The van der Waals surface area contributed by atoms with Crippen LogP contribution < -0.4 is 22.1 Å². The molecule has 8 heteroatoms. The van der Waals surface area contributed by atoms with Gasteiger partial charge < -0.3 is 22.1 Å². The van der Waals surface area contributed by atoms with Crippen molar-refractivity contribution < 1.29 is 0 Å². The van der Waals surface area contributed by atoms with Gasteiger partial charge in [-0.3, -0.25) is 9.98 Å². The maximum atomic E-state index is 5.84. The average molecular weight is 439 g/mol. The fourth-order valence-electron chi connectivity index (χ4n) is 2.49. The number of aliphatic imine (C=N–C) groups is 2. The fourth-order valence-corrected chi connectivity index (χ4v) is 2.49. The number of anilines is 2. The topological polar surface area (TPSA) is 101 Å². The van der Waals surface area contributed by atoms with Gasteiger partial charge in [0.1, 0.15) is 0 Å². The second-order valence-corrected chi connectivity index (χ2v) is 6.35. The summed E-state index contributed by atoms with van der Waals surface area (Å²) in [5, 5.41) is 6.21. The van der Waals surface area contributed by atoms with E-state index in [0.29, 0.717) is 11.9 Å². The van der Waals surface area contributed by atoms with Gasteiger partial charge in [-0.2, -0.15) is 0 Å². The Bertz CT molecular complexity index is 692. The zero-order chi connectivity index (χ0) is 19.5. The highest BCUT2D eigenvalue weighted by atomic mass is 35.5. The molecule has 2 aromatic carbocycles. The summed E-state index contributed by atoms with van der Waals surface area (Å²) < 4.78 is 0. The standard InChI is InChI=1S/C21H30N6.2ClH/c1-3-13-24-20(22)26-18-9-5-16(6-10-18)15-17-7-11-19(12-8-17)27-21(23)25-14-4-2;;/h5-12H,3-4,13-15H2,1-2H3,(H3,22,24,26)(H3,23,25,27);2*1H. The SMILES string of the molecule is CCCN=C(N)Nc1ccc(Cc2ccc(NC(N)=NCCC)cc2)cc1.Cl.Cl. The number of rotatable bonds is 8. The van der Waals surface area contributed by atoms with E-state index in [9.17, 15) is 0 Å². The molecular formula is C21H32Cl2N6. The predicted octanol–water partition coefficient (Wildman–Crippen LogP) is 4.39. The summed E-state index contributed by atoms with van der Waals surface area (Å²) in [4.78, 5) is 8.47. The molecule has 0 amide bonds. The van der Waals surface area contributed by atoms with Crippen LogP contribution in [0.4, 0.5) is 11.4 Å². The number of halogens is 2. The first-order valence-electron chi connectivity index (χ1n) is 9.42. The summed E-state index contributed by atoms with van der Waals surface area (Å²) in [6.07, 6.45) is 2.82. The zero-order valence-electron chi connectivity index (χ0n) is 17.0. The van der Waals surface area contributed by atoms with Crippen molar-refractivity contribution >= 4 is 48.1 Å². The lowest BCUT2D eigenvalue weighted by molar-refractivity contribution is 0.929. The van der Waals surface area contributed by atoms with E-state index in [1.807, 2.05) is 24.3 Å². The van der Waals surface area contributed by atoms with Crippen LogP contribution >= 0.6 is 24.8 Å². The summed E-state index contributed by atoms with van der Waals surface area (Å²) in [6, 6.07) is 16.5. The molecule has 6 N–H and O–H groups in total. The molecule has 0 saturated heterocycles. The van der Waals surface area contributed by atoms with Gasteiger partial charge in [0.15, 0.2) is 11.9 Å². The number of benzene rings is 2. The van der Waals surface area contributed by atoms with Crippen LogP contribution in [0.5, 0.6) is 0 Å². The lowest BCUT2D eigenvalue weighted by Gasteiger charge is -2.09. The summed E-state index contributed by atoms with van der Waals surface area (Å²) in [6.45, 7) is 5.61.